The van der Waals surface area contributed by atoms with Gasteiger partial charge in [0.1, 0.15) is 0 Å². The third-order valence-corrected chi connectivity index (χ3v) is 4.42. The molecule has 0 saturated heterocycles. The van der Waals surface area contributed by atoms with Gasteiger partial charge >= 0.3 is 0 Å². The van der Waals surface area contributed by atoms with Crippen LogP contribution in [0, 0.1) is 0 Å². The summed E-state index contributed by atoms with van der Waals surface area (Å²) in [4.78, 5) is 24.2. The van der Waals surface area contributed by atoms with Crippen LogP contribution < -0.4 is 5.56 Å². The monoisotopic (exact) mass is 357 g/mol. The van der Waals surface area contributed by atoms with Crippen LogP contribution in [0.3, 0.4) is 0 Å². The zero-order chi connectivity index (χ0) is 17.1. The van der Waals surface area contributed by atoms with Gasteiger partial charge in [-0.1, -0.05) is 53.5 Å². The highest BCUT2D eigenvalue weighted by atomic mass is 35.5. The summed E-state index contributed by atoms with van der Waals surface area (Å²) in [6.45, 7) is 0. The molecule has 5 heteroatoms. The van der Waals surface area contributed by atoms with Crippen molar-refractivity contribution in [1.29, 1.82) is 0 Å². The fourth-order valence-electron chi connectivity index (χ4n) is 2.50. The average molecular weight is 358 g/mol. The molecule has 0 atom stereocenters. The molecule has 0 aliphatic carbocycles. The SMILES string of the molecule is O=Cc1cn(-c2ccc(Cl)cc2)c(=O)c(Cc2ccccc2)c1Cl. The van der Waals surface area contributed by atoms with Gasteiger partial charge in [-0.25, -0.2) is 0 Å². The van der Waals surface area contributed by atoms with E-state index in [2.05, 4.69) is 0 Å². The first-order chi connectivity index (χ1) is 11.6. The van der Waals surface area contributed by atoms with Crippen LogP contribution in [0.5, 0.6) is 0 Å². The van der Waals surface area contributed by atoms with Crippen LogP contribution in [-0.2, 0) is 6.42 Å². The smallest absolute Gasteiger partial charge is 0.260 e. The number of aldehydes is 1. The number of hydrogen-bond acceptors (Lipinski definition) is 2. The number of aromatic nitrogens is 1. The molecule has 0 bridgehead atoms. The van der Waals surface area contributed by atoms with Crippen LogP contribution in [0.4, 0.5) is 0 Å². The van der Waals surface area contributed by atoms with Crippen LogP contribution in [0.25, 0.3) is 5.69 Å². The Morgan fingerprint density at radius 3 is 2.25 bits per heavy atom. The molecule has 0 saturated carbocycles. The molecule has 0 fully saturated rings. The van der Waals surface area contributed by atoms with E-state index in [0.717, 1.165) is 5.56 Å². The minimum absolute atomic E-state index is 0.198. The van der Waals surface area contributed by atoms with Crippen LogP contribution >= 0.6 is 23.2 Å². The molecule has 0 amide bonds. The third kappa shape index (κ3) is 3.28. The molecular formula is C19H13Cl2NO2. The molecule has 120 valence electrons. The molecule has 3 aromatic rings. The van der Waals surface area contributed by atoms with Gasteiger partial charge in [0.15, 0.2) is 6.29 Å². The van der Waals surface area contributed by atoms with E-state index in [1.807, 2.05) is 30.3 Å². The second-order valence-corrected chi connectivity index (χ2v) is 6.12. The van der Waals surface area contributed by atoms with Crippen LogP contribution in [-0.4, -0.2) is 10.9 Å². The summed E-state index contributed by atoms with van der Waals surface area (Å²) in [7, 11) is 0. The lowest BCUT2D eigenvalue weighted by Gasteiger charge is -2.12. The van der Waals surface area contributed by atoms with Crippen molar-refractivity contribution in [2.24, 2.45) is 0 Å². The predicted molar refractivity (Wildman–Crippen MR) is 96.7 cm³/mol. The fourth-order valence-corrected chi connectivity index (χ4v) is 2.86. The van der Waals surface area contributed by atoms with E-state index >= 15 is 0 Å². The zero-order valence-electron chi connectivity index (χ0n) is 12.6. The molecule has 0 spiro atoms. The van der Waals surface area contributed by atoms with Gasteiger partial charge in [-0.2, -0.15) is 0 Å². The molecule has 0 aliphatic heterocycles. The third-order valence-electron chi connectivity index (χ3n) is 3.72. The van der Waals surface area contributed by atoms with E-state index in [1.165, 1.54) is 10.8 Å². The number of nitrogens with zero attached hydrogens (tertiary/aromatic N) is 1. The van der Waals surface area contributed by atoms with E-state index in [4.69, 9.17) is 23.2 Å². The maximum absolute atomic E-state index is 12.9. The molecule has 0 unspecified atom stereocenters. The van der Waals surface area contributed by atoms with Crippen LogP contribution in [0.2, 0.25) is 10.0 Å². The number of carbonyl (C=O) groups excluding carboxylic acids is 1. The Hall–Kier alpha value is -2.36. The fraction of sp³-hybridized carbons (Fsp3) is 0.0526. The van der Waals surface area contributed by atoms with Crippen LogP contribution in [0.15, 0.2) is 65.6 Å². The summed E-state index contributed by atoms with van der Waals surface area (Å²) in [5.41, 5.74) is 1.98. The summed E-state index contributed by atoms with van der Waals surface area (Å²) in [5.74, 6) is 0. The van der Waals surface area contributed by atoms with Crippen molar-refractivity contribution >= 4 is 29.5 Å². The van der Waals surface area contributed by atoms with Gasteiger partial charge in [0.2, 0.25) is 0 Å². The van der Waals surface area contributed by atoms with Crippen molar-refractivity contribution in [1.82, 2.24) is 4.57 Å². The summed E-state index contributed by atoms with van der Waals surface area (Å²) in [5, 5.41) is 0.768. The van der Waals surface area contributed by atoms with E-state index < -0.39 is 0 Å². The van der Waals surface area contributed by atoms with Gasteiger partial charge in [0, 0.05) is 28.9 Å². The number of hydrogen-bond donors (Lipinski definition) is 0. The number of halogens is 2. The molecule has 1 aromatic heterocycles. The Labute approximate surface area is 149 Å². The predicted octanol–water partition coefficient (Wildman–Crippen LogP) is 4.55. The van der Waals surface area contributed by atoms with E-state index in [9.17, 15) is 9.59 Å². The van der Waals surface area contributed by atoms with Crippen molar-refractivity contribution in [2.75, 3.05) is 0 Å². The molecule has 24 heavy (non-hydrogen) atoms. The Bertz CT molecular complexity index is 932. The van der Waals surface area contributed by atoms with Gasteiger partial charge < -0.3 is 0 Å². The molecule has 3 rings (SSSR count). The maximum atomic E-state index is 12.9. The molecule has 0 radical (unpaired) electrons. The minimum Gasteiger partial charge on any atom is -0.298 e. The normalized spacial score (nSPS) is 10.6. The lowest BCUT2D eigenvalue weighted by atomic mass is 10.0. The Kier molecular flexibility index (Phi) is 4.84. The van der Waals surface area contributed by atoms with E-state index in [1.54, 1.807) is 24.3 Å². The largest absolute Gasteiger partial charge is 0.298 e. The molecule has 0 aliphatic rings. The summed E-state index contributed by atoms with van der Waals surface area (Å²) in [6.07, 6.45) is 2.46. The quantitative estimate of drug-likeness (QED) is 0.642. The van der Waals surface area contributed by atoms with Crippen LogP contribution in [0.1, 0.15) is 21.5 Å². The molecule has 3 nitrogen and oxygen atoms in total. The Balaban J connectivity index is 2.17. The molecule has 0 N–H and O–H groups in total. The highest BCUT2D eigenvalue weighted by Gasteiger charge is 2.15. The number of carbonyl (C=O) groups is 1. The van der Waals surface area contributed by atoms with Crippen molar-refractivity contribution in [2.45, 2.75) is 6.42 Å². The van der Waals surface area contributed by atoms with E-state index in [-0.39, 0.29) is 16.1 Å². The van der Waals surface area contributed by atoms with Crippen molar-refractivity contribution in [3.63, 3.8) is 0 Å². The maximum Gasteiger partial charge on any atom is 0.260 e. The first-order valence-electron chi connectivity index (χ1n) is 7.29. The lowest BCUT2D eigenvalue weighted by Crippen LogP contribution is -2.24. The standard InChI is InChI=1S/C19H13Cl2NO2/c20-15-6-8-16(9-7-15)22-11-14(12-23)18(21)17(19(22)24)10-13-4-2-1-3-5-13/h1-9,11-12H,10H2. The Morgan fingerprint density at radius 1 is 0.958 bits per heavy atom. The summed E-state index contributed by atoms with van der Waals surface area (Å²) < 4.78 is 1.42. The molecule has 2 aromatic carbocycles. The van der Waals surface area contributed by atoms with Gasteiger partial charge in [-0.3, -0.25) is 14.2 Å². The summed E-state index contributed by atoms with van der Waals surface area (Å²) in [6, 6.07) is 16.3. The molecular weight excluding hydrogens is 345 g/mol. The van der Waals surface area contributed by atoms with Gasteiger partial charge in [-0.05, 0) is 29.8 Å². The number of pyridine rings is 1. The lowest BCUT2D eigenvalue weighted by molar-refractivity contribution is 0.112. The van der Waals surface area contributed by atoms with Crippen molar-refractivity contribution in [3.05, 3.63) is 97.9 Å². The minimum atomic E-state index is -0.253. The first-order valence-corrected chi connectivity index (χ1v) is 8.05. The van der Waals surface area contributed by atoms with Gasteiger partial charge in [0.05, 0.1) is 10.6 Å². The highest BCUT2D eigenvalue weighted by Crippen LogP contribution is 2.22. The zero-order valence-corrected chi connectivity index (χ0v) is 14.1. The summed E-state index contributed by atoms with van der Waals surface area (Å²) >= 11 is 12.2. The average Bonchev–Trinajstić information content (AvgIpc) is 2.61. The topological polar surface area (TPSA) is 39.1 Å². The van der Waals surface area contributed by atoms with E-state index in [0.29, 0.717) is 29.0 Å². The highest BCUT2D eigenvalue weighted by molar-refractivity contribution is 6.33. The van der Waals surface area contributed by atoms with Gasteiger partial charge in [0.25, 0.3) is 5.56 Å². The second-order valence-electron chi connectivity index (χ2n) is 5.31. The number of benzene rings is 2. The van der Waals surface area contributed by atoms with Crippen molar-refractivity contribution < 1.29 is 4.79 Å². The van der Waals surface area contributed by atoms with Gasteiger partial charge in [-0.15, -0.1) is 0 Å². The number of rotatable bonds is 4. The second kappa shape index (κ2) is 7.04. The Morgan fingerprint density at radius 2 is 1.62 bits per heavy atom. The van der Waals surface area contributed by atoms with Crippen molar-refractivity contribution in [3.8, 4) is 5.69 Å². The molecule has 1 heterocycles. The first kappa shape index (κ1) is 16.5.